The lowest BCUT2D eigenvalue weighted by molar-refractivity contribution is -0.111. The molecule has 0 fully saturated rings. The van der Waals surface area contributed by atoms with E-state index in [-0.39, 0.29) is 5.56 Å². The zero-order valence-corrected chi connectivity index (χ0v) is 12.9. The molecule has 0 saturated heterocycles. The van der Waals surface area contributed by atoms with Crippen LogP contribution in [-0.2, 0) is 4.79 Å². The Morgan fingerprint density at radius 1 is 1.09 bits per heavy atom. The van der Waals surface area contributed by atoms with Crippen molar-refractivity contribution in [3.63, 3.8) is 0 Å². The van der Waals surface area contributed by atoms with Crippen LogP contribution in [0.4, 0.5) is 5.69 Å². The number of primary amides is 1. The number of anilines is 1. The smallest absolute Gasteiger partial charge is 0.250 e. The minimum Gasteiger partial charge on any atom is -0.366 e. The van der Waals surface area contributed by atoms with Gasteiger partial charge in [0, 0.05) is 16.1 Å². The first-order chi connectivity index (χ1) is 10.5. The standard InChI is InChI=1S/C16H12Cl2N2O2/c17-11-7-5-10(13(18)9-11)6-8-15(21)20-14-4-2-1-3-12(14)16(19)22/h1-9H,(H2,19,22)(H,20,21)/b8-6+. The van der Waals surface area contributed by atoms with Crippen LogP contribution < -0.4 is 11.1 Å². The van der Waals surface area contributed by atoms with Gasteiger partial charge in [-0.15, -0.1) is 0 Å². The largest absolute Gasteiger partial charge is 0.366 e. The van der Waals surface area contributed by atoms with Crippen molar-refractivity contribution < 1.29 is 9.59 Å². The molecule has 2 amide bonds. The van der Waals surface area contributed by atoms with Crippen LogP contribution in [-0.4, -0.2) is 11.8 Å². The fourth-order valence-electron chi connectivity index (χ4n) is 1.78. The second-order valence-corrected chi connectivity index (χ2v) is 5.24. The van der Waals surface area contributed by atoms with Crippen LogP contribution in [0.5, 0.6) is 0 Å². The Morgan fingerprint density at radius 3 is 2.50 bits per heavy atom. The summed E-state index contributed by atoms with van der Waals surface area (Å²) < 4.78 is 0. The van der Waals surface area contributed by atoms with Crippen molar-refractivity contribution in [2.24, 2.45) is 5.73 Å². The maximum Gasteiger partial charge on any atom is 0.250 e. The van der Waals surface area contributed by atoms with Crippen LogP contribution in [0, 0.1) is 0 Å². The summed E-state index contributed by atoms with van der Waals surface area (Å²) in [6.07, 6.45) is 2.87. The third-order valence-electron chi connectivity index (χ3n) is 2.83. The lowest BCUT2D eigenvalue weighted by atomic mass is 10.1. The van der Waals surface area contributed by atoms with Crippen LogP contribution in [0.25, 0.3) is 6.08 Å². The van der Waals surface area contributed by atoms with Gasteiger partial charge in [-0.3, -0.25) is 9.59 Å². The predicted molar refractivity (Wildman–Crippen MR) is 89.1 cm³/mol. The molecule has 0 aromatic heterocycles. The van der Waals surface area contributed by atoms with Crippen LogP contribution >= 0.6 is 23.2 Å². The van der Waals surface area contributed by atoms with Crippen LogP contribution in [0.3, 0.4) is 0 Å². The highest BCUT2D eigenvalue weighted by molar-refractivity contribution is 6.35. The Labute approximate surface area is 137 Å². The molecular formula is C16H12Cl2N2O2. The summed E-state index contributed by atoms with van der Waals surface area (Å²) in [7, 11) is 0. The highest BCUT2D eigenvalue weighted by Crippen LogP contribution is 2.22. The fraction of sp³-hybridized carbons (Fsp3) is 0. The normalized spacial score (nSPS) is 10.6. The van der Waals surface area contributed by atoms with Crippen molar-refractivity contribution in [1.29, 1.82) is 0 Å². The van der Waals surface area contributed by atoms with Crippen LogP contribution in [0.1, 0.15) is 15.9 Å². The zero-order valence-electron chi connectivity index (χ0n) is 11.3. The monoisotopic (exact) mass is 334 g/mol. The summed E-state index contributed by atoms with van der Waals surface area (Å²) in [6.45, 7) is 0. The summed E-state index contributed by atoms with van der Waals surface area (Å²) in [6, 6.07) is 11.5. The number of para-hydroxylation sites is 1. The molecule has 0 atom stereocenters. The first-order valence-corrected chi connectivity index (χ1v) is 7.06. The van der Waals surface area contributed by atoms with E-state index in [9.17, 15) is 9.59 Å². The van der Waals surface area contributed by atoms with Gasteiger partial charge in [-0.1, -0.05) is 41.4 Å². The average molecular weight is 335 g/mol. The maximum absolute atomic E-state index is 11.9. The predicted octanol–water partition coefficient (Wildman–Crippen LogP) is 3.74. The van der Waals surface area contributed by atoms with E-state index in [1.165, 1.54) is 12.1 Å². The van der Waals surface area contributed by atoms with E-state index >= 15 is 0 Å². The zero-order chi connectivity index (χ0) is 16.1. The van der Waals surface area contributed by atoms with Crippen LogP contribution in [0.2, 0.25) is 10.0 Å². The highest BCUT2D eigenvalue weighted by atomic mass is 35.5. The van der Waals surface area contributed by atoms with Gasteiger partial charge in [0.1, 0.15) is 0 Å². The molecule has 0 aliphatic rings. The molecule has 2 rings (SSSR count). The summed E-state index contributed by atoms with van der Waals surface area (Å²) in [5.41, 5.74) is 6.51. The van der Waals surface area contributed by atoms with Gasteiger partial charge in [-0.05, 0) is 35.9 Å². The number of carbonyl (C=O) groups is 2. The van der Waals surface area contributed by atoms with Crippen molar-refractivity contribution in [2.45, 2.75) is 0 Å². The van der Waals surface area contributed by atoms with E-state index in [2.05, 4.69) is 5.32 Å². The molecule has 6 heteroatoms. The number of nitrogens with two attached hydrogens (primary N) is 1. The number of hydrogen-bond acceptors (Lipinski definition) is 2. The van der Waals surface area contributed by atoms with E-state index in [0.29, 0.717) is 21.3 Å². The van der Waals surface area contributed by atoms with Crippen molar-refractivity contribution in [3.8, 4) is 0 Å². The number of halogens is 2. The van der Waals surface area contributed by atoms with Gasteiger partial charge in [0.15, 0.2) is 0 Å². The molecule has 2 aromatic carbocycles. The maximum atomic E-state index is 11.9. The Bertz CT molecular complexity index is 758. The Balaban J connectivity index is 2.13. The number of carbonyl (C=O) groups excluding carboxylic acids is 2. The molecule has 0 saturated carbocycles. The topological polar surface area (TPSA) is 72.2 Å². The van der Waals surface area contributed by atoms with E-state index in [1.807, 2.05) is 0 Å². The molecule has 0 radical (unpaired) electrons. The molecule has 0 spiro atoms. The van der Waals surface area contributed by atoms with Gasteiger partial charge in [-0.25, -0.2) is 0 Å². The molecule has 0 bridgehead atoms. The number of nitrogens with one attached hydrogen (secondary N) is 1. The first-order valence-electron chi connectivity index (χ1n) is 6.30. The third kappa shape index (κ3) is 4.10. The third-order valence-corrected chi connectivity index (χ3v) is 3.39. The van der Waals surface area contributed by atoms with Crippen molar-refractivity contribution in [1.82, 2.24) is 0 Å². The number of amides is 2. The molecule has 4 nitrogen and oxygen atoms in total. The molecular weight excluding hydrogens is 323 g/mol. The molecule has 0 unspecified atom stereocenters. The van der Waals surface area contributed by atoms with Crippen LogP contribution in [0.15, 0.2) is 48.5 Å². The van der Waals surface area contributed by atoms with E-state index in [4.69, 9.17) is 28.9 Å². The summed E-state index contributed by atoms with van der Waals surface area (Å²) in [5.74, 6) is -1.01. The van der Waals surface area contributed by atoms with Gasteiger partial charge < -0.3 is 11.1 Å². The highest BCUT2D eigenvalue weighted by Gasteiger charge is 2.08. The Hall–Kier alpha value is -2.30. The lowest BCUT2D eigenvalue weighted by Crippen LogP contribution is -2.16. The quantitative estimate of drug-likeness (QED) is 0.836. The van der Waals surface area contributed by atoms with E-state index in [1.54, 1.807) is 42.5 Å². The molecule has 112 valence electrons. The number of hydrogen-bond donors (Lipinski definition) is 2. The summed E-state index contributed by atoms with van der Waals surface area (Å²) >= 11 is 11.8. The Morgan fingerprint density at radius 2 is 1.82 bits per heavy atom. The van der Waals surface area contributed by atoms with E-state index in [0.717, 1.165) is 0 Å². The Kier molecular flexibility index (Phi) is 5.20. The molecule has 2 aromatic rings. The van der Waals surface area contributed by atoms with Crippen molar-refractivity contribution in [2.75, 3.05) is 5.32 Å². The van der Waals surface area contributed by atoms with Crippen molar-refractivity contribution >= 4 is 46.8 Å². The lowest BCUT2D eigenvalue weighted by Gasteiger charge is -2.06. The second kappa shape index (κ2) is 7.11. The molecule has 0 aliphatic heterocycles. The number of benzene rings is 2. The van der Waals surface area contributed by atoms with Gasteiger partial charge in [-0.2, -0.15) is 0 Å². The summed E-state index contributed by atoms with van der Waals surface area (Å²) in [5, 5.41) is 3.55. The fourth-order valence-corrected chi connectivity index (χ4v) is 2.26. The first kappa shape index (κ1) is 16.1. The number of rotatable bonds is 4. The molecule has 3 N–H and O–H groups in total. The van der Waals surface area contributed by atoms with Gasteiger partial charge in [0.2, 0.25) is 5.91 Å². The molecule has 0 heterocycles. The molecule has 22 heavy (non-hydrogen) atoms. The van der Waals surface area contributed by atoms with Gasteiger partial charge in [0.25, 0.3) is 5.91 Å². The average Bonchev–Trinajstić information content (AvgIpc) is 2.46. The molecule has 0 aliphatic carbocycles. The van der Waals surface area contributed by atoms with Crippen molar-refractivity contribution in [3.05, 3.63) is 69.7 Å². The van der Waals surface area contributed by atoms with Gasteiger partial charge >= 0.3 is 0 Å². The van der Waals surface area contributed by atoms with Gasteiger partial charge in [0.05, 0.1) is 11.3 Å². The summed E-state index contributed by atoms with van der Waals surface area (Å²) in [4.78, 5) is 23.2. The second-order valence-electron chi connectivity index (χ2n) is 4.40. The minimum absolute atomic E-state index is 0.244. The SMILES string of the molecule is NC(=O)c1ccccc1NC(=O)/C=C/c1ccc(Cl)cc1Cl. The minimum atomic E-state index is -0.611. The van der Waals surface area contributed by atoms with E-state index < -0.39 is 11.8 Å².